The molecule has 8 nitrogen and oxygen atoms in total. The Morgan fingerprint density at radius 1 is 1.27 bits per heavy atom. The molecule has 3 heterocycles. The van der Waals surface area contributed by atoms with E-state index in [1.165, 1.54) is 10.8 Å². The van der Waals surface area contributed by atoms with Gasteiger partial charge >= 0.3 is 5.76 Å². The average Bonchev–Trinajstić information content (AvgIpc) is 3.33. The number of thiazole rings is 1. The van der Waals surface area contributed by atoms with Gasteiger partial charge in [0.1, 0.15) is 10.7 Å². The van der Waals surface area contributed by atoms with E-state index in [2.05, 4.69) is 14.7 Å². The lowest BCUT2D eigenvalue weighted by Gasteiger charge is -2.24. The number of benzene rings is 1. The maximum atomic E-state index is 14.9. The van der Waals surface area contributed by atoms with Gasteiger partial charge < -0.3 is 4.42 Å². The van der Waals surface area contributed by atoms with Gasteiger partial charge in [0.2, 0.25) is 0 Å². The van der Waals surface area contributed by atoms with Crippen LogP contribution in [-0.4, -0.2) is 23.0 Å². The minimum atomic E-state index is -4.24. The van der Waals surface area contributed by atoms with Crippen LogP contribution in [0.25, 0.3) is 11.1 Å². The Hall–Kier alpha value is -3.05. The quantitative estimate of drug-likeness (QED) is 0.515. The predicted octanol–water partition coefficient (Wildman–Crippen LogP) is 3.31. The van der Waals surface area contributed by atoms with Gasteiger partial charge in [-0.2, -0.15) is 0 Å². The average molecular weight is 446 g/mol. The van der Waals surface area contributed by atoms with Crippen LogP contribution in [-0.2, 0) is 16.4 Å². The molecule has 0 saturated heterocycles. The van der Waals surface area contributed by atoms with Crippen LogP contribution in [0.2, 0.25) is 0 Å². The number of halogens is 1. The molecule has 0 amide bonds. The topological polar surface area (TPSA) is 107 Å². The van der Waals surface area contributed by atoms with Crippen molar-refractivity contribution in [3.05, 3.63) is 69.7 Å². The van der Waals surface area contributed by atoms with E-state index in [9.17, 15) is 17.6 Å². The molecule has 0 radical (unpaired) electrons. The maximum Gasteiger partial charge on any atom is 0.420 e. The first-order valence-electron chi connectivity index (χ1n) is 9.15. The van der Waals surface area contributed by atoms with E-state index in [1.807, 2.05) is 12.1 Å². The van der Waals surface area contributed by atoms with Crippen LogP contribution in [0, 0.1) is 5.82 Å². The predicted molar refractivity (Wildman–Crippen MR) is 109 cm³/mol. The number of aromatic nitrogens is 3. The number of sulfonamides is 1. The number of pyridine rings is 1. The van der Waals surface area contributed by atoms with E-state index in [0.717, 1.165) is 47.6 Å². The SMILES string of the molecule is O=c1oc2cc(S(=O)(=O)Nc3nccs3)c(F)cc2n1C1CCCc2cccnc21. The molecule has 1 aliphatic rings. The summed E-state index contributed by atoms with van der Waals surface area (Å²) in [5.74, 6) is -1.67. The molecule has 0 spiro atoms. The van der Waals surface area contributed by atoms with Gasteiger partial charge in [-0.05, 0) is 30.9 Å². The molecule has 1 N–H and O–H groups in total. The fraction of sp³-hybridized carbons (Fsp3) is 0.211. The molecule has 1 aliphatic carbocycles. The molecule has 0 bridgehead atoms. The lowest BCUT2D eigenvalue weighted by Crippen LogP contribution is -2.26. The third kappa shape index (κ3) is 3.10. The number of hydrogen-bond donors (Lipinski definition) is 1. The zero-order chi connectivity index (χ0) is 20.9. The summed E-state index contributed by atoms with van der Waals surface area (Å²) in [5, 5.41) is 1.70. The van der Waals surface area contributed by atoms with Gasteiger partial charge in [0, 0.05) is 29.9 Å². The Morgan fingerprint density at radius 2 is 2.13 bits per heavy atom. The minimum Gasteiger partial charge on any atom is -0.408 e. The first-order chi connectivity index (χ1) is 14.4. The van der Waals surface area contributed by atoms with Crippen molar-refractivity contribution in [2.24, 2.45) is 0 Å². The van der Waals surface area contributed by atoms with Crippen molar-refractivity contribution < 1.29 is 17.2 Å². The molecule has 1 aromatic carbocycles. The zero-order valence-corrected chi connectivity index (χ0v) is 17.0. The fourth-order valence-electron chi connectivity index (χ4n) is 3.82. The summed E-state index contributed by atoms with van der Waals surface area (Å²) in [5.41, 5.74) is 1.96. The summed E-state index contributed by atoms with van der Waals surface area (Å²) in [4.78, 5) is 20.3. The summed E-state index contributed by atoms with van der Waals surface area (Å²) < 4.78 is 49.0. The normalized spacial score (nSPS) is 16.5. The number of nitrogens with zero attached hydrogens (tertiary/aromatic N) is 3. The van der Waals surface area contributed by atoms with Crippen LogP contribution in [0.3, 0.4) is 0 Å². The van der Waals surface area contributed by atoms with E-state index >= 15 is 0 Å². The molecular weight excluding hydrogens is 431 g/mol. The van der Waals surface area contributed by atoms with Gasteiger partial charge in [0.15, 0.2) is 10.7 Å². The van der Waals surface area contributed by atoms with Crippen LogP contribution < -0.4 is 10.5 Å². The van der Waals surface area contributed by atoms with Crippen molar-refractivity contribution in [1.82, 2.24) is 14.5 Å². The Morgan fingerprint density at radius 3 is 2.93 bits per heavy atom. The number of nitrogens with one attached hydrogen (secondary N) is 1. The highest BCUT2D eigenvalue weighted by molar-refractivity contribution is 7.93. The second kappa shape index (κ2) is 7.03. The van der Waals surface area contributed by atoms with Crippen molar-refractivity contribution in [3.63, 3.8) is 0 Å². The monoisotopic (exact) mass is 446 g/mol. The minimum absolute atomic E-state index is 0.0102. The van der Waals surface area contributed by atoms with Gasteiger partial charge in [-0.3, -0.25) is 14.3 Å². The third-order valence-corrected chi connectivity index (χ3v) is 7.26. The summed E-state index contributed by atoms with van der Waals surface area (Å²) in [7, 11) is -4.24. The highest BCUT2D eigenvalue weighted by Gasteiger charge is 2.29. The molecule has 4 aromatic rings. The number of hydrogen-bond acceptors (Lipinski definition) is 7. The van der Waals surface area contributed by atoms with Gasteiger partial charge in [-0.25, -0.2) is 22.6 Å². The lowest BCUT2D eigenvalue weighted by atomic mass is 9.91. The Labute approximate surface area is 174 Å². The van der Waals surface area contributed by atoms with E-state index in [4.69, 9.17) is 4.42 Å². The molecule has 154 valence electrons. The largest absolute Gasteiger partial charge is 0.420 e. The van der Waals surface area contributed by atoms with Crippen LogP contribution in [0.1, 0.15) is 30.1 Å². The van der Waals surface area contributed by atoms with E-state index in [0.29, 0.717) is 6.42 Å². The Balaban J connectivity index is 1.63. The molecule has 1 unspecified atom stereocenters. The maximum absolute atomic E-state index is 14.9. The summed E-state index contributed by atoms with van der Waals surface area (Å²) in [6.07, 6.45) is 5.42. The smallest absolute Gasteiger partial charge is 0.408 e. The molecule has 0 saturated carbocycles. The zero-order valence-electron chi connectivity index (χ0n) is 15.4. The van der Waals surface area contributed by atoms with Gasteiger partial charge in [-0.15, -0.1) is 11.3 Å². The van der Waals surface area contributed by atoms with Crippen molar-refractivity contribution in [2.75, 3.05) is 4.72 Å². The third-order valence-electron chi connectivity index (χ3n) is 5.09. The molecule has 5 rings (SSSR count). The number of aryl methyl sites for hydroxylation is 1. The van der Waals surface area contributed by atoms with Gasteiger partial charge in [-0.1, -0.05) is 6.07 Å². The second-order valence-electron chi connectivity index (χ2n) is 6.89. The van der Waals surface area contributed by atoms with E-state index < -0.39 is 32.5 Å². The highest BCUT2D eigenvalue weighted by atomic mass is 32.2. The molecule has 3 aromatic heterocycles. The number of fused-ring (bicyclic) bond motifs is 2. The van der Waals surface area contributed by atoms with Crippen molar-refractivity contribution in [2.45, 2.75) is 30.2 Å². The number of anilines is 1. The lowest BCUT2D eigenvalue weighted by molar-refractivity contribution is 0.429. The Bertz CT molecular complexity index is 1410. The van der Waals surface area contributed by atoms with E-state index in [1.54, 1.807) is 11.6 Å². The summed E-state index contributed by atoms with van der Waals surface area (Å²) in [6, 6.07) is 5.44. The second-order valence-corrected chi connectivity index (χ2v) is 9.43. The molecule has 11 heteroatoms. The van der Waals surface area contributed by atoms with Gasteiger partial charge in [0.05, 0.1) is 17.3 Å². The first kappa shape index (κ1) is 18.9. The highest BCUT2D eigenvalue weighted by Crippen LogP contribution is 2.34. The standard InChI is InChI=1S/C19H15FN4O4S2/c20-12-9-14-15(10-16(12)30(26,27)23-18-22-7-8-29-18)28-19(25)24(14)13-5-1-3-11-4-2-6-21-17(11)13/h2,4,6-10,13H,1,3,5H2,(H,22,23). The summed E-state index contributed by atoms with van der Waals surface area (Å²) >= 11 is 1.06. The van der Waals surface area contributed by atoms with Crippen LogP contribution in [0.4, 0.5) is 9.52 Å². The van der Waals surface area contributed by atoms with E-state index in [-0.39, 0.29) is 16.2 Å². The number of rotatable bonds is 4. The fourth-order valence-corrected chi connectivity index (χ4v) is 5.68. The van der Waals surface area contributed by atoms with Crippen LogP contribution in [0.15, 0.2) is 56.1 Å². The molecule has 0 aliphatic heterocycles. The molecule has 30 heavy (non-hydrogen) atoms. The molecule has 0 fully saturated rings. The van der Waals surface area contributed by atoms with Gasteiger partial charge in [0.25, 0.3) is 10.0 Å². The molecular formula is C19H15FN4O4S2. The first-order valence-corrected chi connectivity index (χ1v) is 11.5. The van der Waals surface area contributed by atoms with Crippen LogP contribution in [0.5, 0.6) is 0 Å². The summed E-state index contributed by atoms with van der Waals surface area (Å²) in [6.45, 7) is 0. The van der Waals surface area contributed by atoms with Crippen molar-refractivity contribution in [1.29, 1.82) is 0 Å². The molecule has 1 atom stereocenters. The Kier molecular flexibility index (Phi) is 4.44. The number of oxazole rings is 1. The van der Waals surface area contributed by atoms with Crippen molar-refractivity contribution in [3.8, 4) is 0 Å². The van der Waals surface area contributed by atoms with Crippen molar-refractivity contribution >= 4 is 37.6 Å². The van der Waals surface area contributed by atoms with Crippen LogP contribution >= 0.6 is 11.3 Å².